The van der Waals surface area contributed by atoms with Crippen molar-refractivity contribution in [3.8, 4) is 0 Å². The van der Waals surface area contributed by atoms with Gasteiger partial charge in [0.25, 0.3) is 0 Å². The molecule has 0 unspecified atom stereocenters. The zero-order valence-electron chi connectivity index (χ0n) is 10.3. The number of nitrogens with one attached hydrogen (secondary N) is 1. The minimum absolute atomic E-state index is 0.462. The third-order valence-electron chi connectivity index (χ3n) is 2.67. The van der Waals surface area contributed by atoms with Gasteiger partial charge < -0.3 is 5.32 Å². The van der Waals surface area contributed by atoms with E-state index in [2.05, 4.69) is 20.3 Å². The predicted octanol–water partition coefficient (Wildman–Crippen LogP) is 3.73. The highest BCUT2D eigenvalue weighted by Crippen LogP contribution is 2.20. The van der Waals surface area contributed by atoms with Crippen molar-refractivity contribution in [3.63, 3.8) is 0 Å². The van der Waals surface area contributed by atoms with Gasteiger partial charge in [-0.15, -0.1) is 0 Å². The molecule has 3 rings (SSSR count). The van der Waals surface area contributed by atoms with Gasteiger partial charge in [0.1, 0.15) is 5.15 Å². The van der Waals surface area contributed by atoms with Crippen molar-refractivity contribution in [1.82, 2.24) is 15.0 Å². The number of halogens is 1. The van der Waals surface area contributed by atoms with Crippen LogP contribution in [0.25, 0.3) is 11.0 Å². The van der Waals surface area contributed by atoms with E-state index in [1.807, 2.05) is 31.3 Å². The Bertz CT molecular complexity index is 742. The Balaban J connectivity index is 1.97. The average molecular weight is 271 g/mol. The Labute approximate surface area is 115 Å². The van der Waals surface area contributed by atoms with E-state index >= 15 is 0 Å². The lowest BCUT2D eigenvalue weighted by Gasteiger charge is -2.07. The minimum atomic E-state index is 0.462. The van der Waals surface area contributed by atoms with Crippen LogP contribution in [0, 0.1) is 6.92 Å². The molecule has 0 saturated carbocycles. The van der Waals surface area contributed by atoms with Crippen LogP contribution >= 0.6 is 11.6 Å². The number of nitrogens with zero attached hydrogens (tertiary/aromatic N) is 3. The lowest BCUT2D eigenvalue weighted by Crippen LogP contribution is -1.93. The van der Waals surface area contributed by atoms with Gasteiger partial charge in [-0.3, -0.25) is 9.97 Å². The summed E-state index contributed by atoms with van der Waals surface area (Å²) in [4.78, 5) is 12.7. The van der Waals surface area contributed by atoms with Crippen molar-refractivity contribution in [1.29, 1.82) is 0 Å². The first-order valence-corrected chi connectivity index (χ1v) is 6.19. The number of hydrogen-bond donors (Lipinski definition) is 1. The van der Waals surface area contributed by atoms with Gasteiger partial charge >= 0.3 is 0 Å². The normalized spacial score (nSPS) is 10.6. The molecule has 0 aromatic carbocycles. The van der Waals surface area contributed by atoms with Crippen LogP contribution in [0.15, 0.2) is 42.9 Å². The number of fused-ring (bicyclic) bond motifs is 1. The summed E-state index contributed by atoms with van der Waals surface area (Å²) in [5.41, 5.74) is 4.45. The standard InChI is InChI=1S/C14H11ClN4/c1-9-4-10(7-16-6-9)18-11-5-13-12(17-8-11)2-3-14(15)19-13/h2-8,18H,1H3. The Morgan fingerprint density at radius 3 is 2.68 bits per heavy atom. The minimum Gasteiger partial charge on any atom is -0.353 e. The molecule has 3 aromatic heterocycles. The van der Waals surface area contributed by atoms with Gasteiger partial charge in [-0.1, -0.05) is 11.6 Å². The molecule has 3 heterocycles. The Kier molecular flexibility index (Phi) is 3.01. The summed E-state index contributed by atoms with van der Waals surface area (Å²) in [6.45, 7) is 2.00. The number of aromatic nitrogens is 3. The Morgan fingerprint density at radius 2 is 1.84 bits per heavy atom. The third-order valence-corrected chi connectivity index (χ3v) is 2.88. The predicted molar refractivity (Wildman–Crippen MR) is 76.8 cm³/mol. The first-order chi connectivity index (χ1) is 9.20. The number of aryl methyl sites for hydroxylation is 1. The molecule has 19 heavy (non-hydrogen) atoms. The van der Waals surface area contributed by atoms with E-state index in [0.29, 0.717) is 5.15 Å². The molecule has 0 amide bonds. The fraction of sp³-hybridized carbons (Fsp3) is 0.0714. The highest BCUT2D eigenvalue weighted by molar-refractivity contribution is 6.29. The number of hydrogen-bond acceptors (Lipinski definition) is 4. The van der Waals surface area contributed by atoms with Crippen LogP contribution in [0.2, 0.25) is 5.15 Å². The second-order valence-electron chi connectivity index (χ2n) is 4.27. The van der Waals surface area contributed by atoms with Gasteiger partial charge in [-0.05, 0) is 36.8 Å². The Morgan fingerprint density at radius 1 is 1.00 bits per heavy atom. The van der Waals surface area contributed by atoms with Crippen LogP contribution in [0.1, 0.15) is 5.56 Å². The molecular formula is C14H11ClN4. The number of anilines is 2. The molecule has 0 spiro atoms. The molecule has 0 radical (unpaired) electrons. The van der Waals surface area contributed by atoms with Crippen LogP contribution in [0.5, 0.6) is 0 Å². The van der Waals surface area contributed by atoms with E-state index in [0.717, 1.165) is 28.0 Å². The molecule has 0 saturated heterocycles. The Hall–Kier alpha value is -2.20. The molecule has 94 valence electrons. The van der Waals surface area contributed by atoms with E-state index in [1.165, 1.54) is 0 Å². The summed E-state index contributed by atoms with van der Waals surface area (Å²) in [7, 11) is 0. The molecule has 0 atom stereocenters. The van der Waals surface area contributed by atoms with E-state index in [-0.39, 0.29) is 0 Å². The van der Waals surface area contributed by atoms with Crippen molar-refractivity contribution in [2.75, 3.05) is 5.32 Å². The van der Waals surface area contributed by atoms with E-state index in [4.69, 9.17) is 11.6 Å². The third kappa shape index (κ3) is 2.63. The van der Waals surface area contributed by atoms with Gasteiger partial charge in [0.15, 0.2) is 0 Å². The van der Waals surface area contributed by atoms with E-state index < -0.39 is 0 Å². The zero-order chi connectivity index (χ0) is 13.2. The van der Waals surface area contributed by atoms with E-state index in [9.17, 15) is 0 Å². The molecule has 0 bridgehead atoms. The van der Waals surface area contributed by atoms with E-state index in [1.54, 1.807) is 18.5 Å². The van der Waals surface area contributed by atoms with Crippen LogP contribution in [0.3, 0.4) is 0 Å². The lowest BCUT2D eigenvalue weighted by molar-refractivity contribution is 1.26. The highest BCUT2D eigenvalue weighted by atomic mass is 35.5. The average Bonchev–Trinajstić information content (AvgIpc) is 2.38. The maximum atomic E-state index is 5.88. The second kappa shape index (κ2) is 4.82. The van der Waals surface area contributed by atoms with Crippen molar-refractivity contribution in [2.45, 2.75) is 6.92 Å². The van der Waals surface area contributed by atoms with Gasteiger partial charge in [0.05, 0.1) is 34.8 Å². The molecule has 0 aliphatic heterocycles. The van der Waals surface area contributed by atoms with Crippen molar-refractivity contribution in [2.24, 2.45) is 0 Å². The largest absolute Gasteiger partial charge is 0.353 e. The molecule has 4 nitrogen and oxygen atoms in total. The van der Waals surface area contributed by atoms with Crippen molar-refractivity contribution >= 4 is 34.0 Å². The maximum Gasteiger partial charge on any atom is 0.129 e. The highest BCUT2D eigenvalue weighted by Gasteiger charge is 2.01. The first-order valence-electron chi connectivity index (χ1n) is 5.82. The molecule has 0 aliphatic rings. The summed E-state index contributed by atoms with van der Waals surface area (Å²) < 4.78 is 0. The van der Waals surface area contributed by atoms with Crippen LogP contribution in [-0.4, -0.2) is 15.0 Å². The fourth-order valence-electron chi connectivity index (χ4n) is 1.84. The topological polar surface area (TPSA) is 50.7 Å². The number of pyridine rings is 3. The molecule has 3 aromatic rings. The van der Waals surface area contributed by atoms with Crippen LogP contribution in [0.4, 0.5) is 11.4 Å². The fourth-order valence-corrected chi connectivity index (χ4v) is 1.99. The molecule has 0 fully saturated rings. The number of rotatable bonds is 2. The SMILES string of the molecule is Cc1cncc(Nc2cnc3ccc(Cl)nc3c2)c1. The van der Waals surface area contributed by atoms with Gasteiger partial charge in [-0.25, -0.2) is 4.98 Å². The monoisotopic (exact) mass is 270 g/mol. The maximum absolute atomic E-state index is 5.88. The van der Waals surface area contributed by atoms with Crippen LogP contribution in [-0.2, 0) is 0 Å². The van der Waals surface area contributed by atoms with Crippen molar-refractivity contribution in [3.05, 3.63) is 53.6 Å². The molecule has 5 heteroatoms. The summed E-state index contributed by atoms with van der Waals surface area (Å²) in [6, 6.07) is 7.51. The summed E-state index contributed by atoms with van der Waals surface area (Å²) in [6.07, 6.45) is 5.34. The summed E-state index contributed by atoms with van der Waals surface area (Å²) in [5.74, 6) is 0. The smallest absolute Gasteiger partial charge is 0.129 e. The molecule has 1 N–H and O–H groups in total. The zero-order valence-corrected chi connectivity index (χ0v) is 11.0. The van der Waals surface area contributed by atoms with Gasteiger partial charge in [0.2, 0.25) is 0 Å². The molecule has 0 aliphatic carbocycles. The molecular weight excluding hydrogens is 260 g/mol. The quantitative estimate of drug-likeness (QED) is 0.721. The van der Waals surface area contributed by atoms with Crippen molar-refractivity contribution < 1.29 is 0 Å². The van der Waals surface area contributed by atoms with Gasteiger partial charge in [0, 0.05) is 6.20 Å². The summed E-state index contributed by atoms with van der Waals surface area (Å²) in [5, 5.41) is 3.71. The summed E-state index contributed by atoms with van der Waals surface area (Å²) >= 11 is 5.88. The van der Waals surface area contributed by atoms with Crippen LogP contribution < -0.4 is 5.32 Å². The van der Waals surface area contributed by atoms with Gasteiger partial charge in [-0.2, -0.15) is 0 Å². The first kappa shape index (κ1) is 11.9. The second-order valence-corrected chi connectivity index (χ2v) is 4.66. The lowest BCUT2D eigenvalue weighted by atomic mass is 10.2.